The van der Waals surface area contributed by atoms with Crippen LogP contribution in [0.1, 0.15) is 11.1 Å². The average Bonchev–Trinajstić information content (AvgIpc) is 2.61. The number of hydrogen-bond acceptors (Lipinski definition) is 3. The van der Waals surface area contributed by atoms with Gasteiger partial charge in [-0.15, -0.1) is 0 Å². The second kappa shape index (κ2) is 7.56. The van der Waals surface area contributed by atoms with Crippen LogP contribution < -0.4 is 4.74 Å². The molecule has 1 aromatic heterocycles. The van der Waals surface area contributed by atoms with Crippen LogP contribution in [0, 0.1) is 0 Å². The molecule has 1 heterocycles. The lowest BCUT2D eigenvalue weighted by atomic mass is 10.2. The van der Waals surface area contributed by atoms with Crippen LogP contribution in [0.4, 0.5) is 5.69 Å². The number of hydrogen-bond donors (Lipinski definition) is 0. The summed E-state index contributed by atoms with van der Waals surface area (Å²) in [6.45, 7) is 0.496. The fourth-order valence-corrected chi connectivity index (χ4v) is 2.24. The molecule has 0 fully saturated rings. The first-order valence-corrected chi connectivity index (χ1v) is 7.59. The predicted octanol–water partition coefficient (Wildman–Crippen LogP) is 5.06. The molecule has 114 valence electrons. The minimum absolute atomic E-state index is 0.496. The Morgan fingerprint density at radius 1 is 1.04 bits per heavy atom. The second-order valence-electron chi connectivity index (χ2n) is 4.93. The SMILES string of the molecule is Clc1ccc(OCc2ccccc2)c(/C=N\c2cccnc2)c1. The number of rotatable bonds is 5. The maximum absolute atomic E-state index is 6.09. The van der Waals surface area contributed by atoms with E-state index in [4.69, 9.17) is 16.3 Å². The molecule has 3 aromatic rings. The van der Waals surface area contributed by atoms with Crippen molar-refractivity contribution < 1.29 is 4.74 Å². The van der Waals surface area contributed by atoms with Crippen LogP contribution in [0.5, 0.6) is 5.75 Å². The van der Waals surface area contributed by atoms with Crippen molar-refractivity contribution in [2.45, 2.75) is 6.61 Å². The van der Waals surface area contributed by atoms with E-state index in [1.54, 1.807) is 18.6 Å². The van der Waals surface area contributed by atoms with Crippen molar-refractivity contribution in [2.24, 2.45) is 4.99 Å². The molecule has 3 nitrogen and oxygen atoms in total. The zero-order chi connectivity index (χ0) is 15.9. The van der Waals surface area contributed by atoms with Crippen molar-refractivity contribution in [1.29, 1.82) is 0 Å². The smallest absolute Gasteiger partial charge is 0.128 e. The summed E-state index contributed by atoms with van der Waals surface area (Å²) in [6, 6.07) is 19.3. The average molecular weight is 323 g/mol. The molecule has 2 aromatic carbocycles. The highest BCUT2D eigenvalue weighted by Gasteiger charge is 2.04. The molecule has 0 aliphatic rings. The van der Waals surface area contributed by atoms with Gasteiger partial charge in [-0.2, -0.15) is 0 Å². The Balaban J connectivity index is 1.79. The Morgan fingerprint density at radius 3 is 2.70 bits per heavy atom. The first-order chi connectivity index (χ1) is 11.3. The van der Waals surface area contributed by atoms with Crippen LogP contribution in [0.15, 0.2) is 78.0 Å². The van der Waals surface area contributed by atoms with Gasteiger partial charge in [0.25, 0.3) is 0 Å². The number of aliphatic imine (C=N–C) groups is 1. The van der Waals surface area contributed by atoms with Gasteiger partial charge < -0.3 is 4.74 Å². The van der Waals surface area contributed by atoms with E-state index < -0.39 is 0 Å². The summed E-state index contributed by atoms with van der Waals surface area (Å²) in [5, 5.41) is 0.643. The van der Waals surface area contributed by atoms with Crippen LogP contribution in [-0.2, 0) is 6.61 Å². The van der Waals surface area contributed by atoms with Crippen molar-refractivity contribution in [3.63, 3.8) is 0 Å². The van der Waals surface area contributed by atoms with Crippen molar-refractivity contribution in [1.82, 2.24) is 4.98 Å². The quantitative estimate of drug-likeness (QED) is 0.615. The highest BCUT2D eigenvalue weighted by molar-refractivity contribution is 6.30. The molecular weight excluding hydrogens is 308 g/mol. The van der Waals surface area contributed by atoms with Crippen molar-refractivity contribution in [2.75, 3.05) is 0 Å². The van der Waals surface area contributed by atoms with Crippen molar-refractivity contribution in [3.05, 3.63) is 89.2 Å². The standard InChI is InChI=1S/C19H15ClN2O/c20-17-8-9-19(23-14-15-5-2-1-3-6-15)16(11-17)12-22-18-7-4-10-21-13-18/h1-13H,14H2/b22-12-. The van der Waals surface area contributed by atoms with Gasteiger partial charge in [0, 0.05) is 23.0 Å². The Morgan fingerprint density at radius 2 is 1.91 bits per heavy atom. The van der Waals surface area contributed by atoms with Crippen LogP contribution >= 0.6 is 11.6 Å². The highest BCUT2D eigenvalue weighted by Crippen LogP contribution is 2.23. The van der Waals surface area contributed by atoms with Crippen LogP contribution in [0.25, 0.3) is 0 Å². The molecule has 0 N–H and O–H groups in total. The van der Waals surface area contributed by atoms with Crippen molar-refractivity contribution in [3.8, 4) is 5.75 Å². The van der Waals surface area contributed by atoms with Gasteiger partial charge in [0.2, 0.25) is 0 Å². The molecule has 0 atom stereocenters. The first-order valence-electron chi connectivity index (χ1n) is 7.21. The van der Waals surface area contributed by atoms with E-state index >= 15 is 0 Å². The van der Waals surface area contributed by atoms with Gasteiger partial charge in [-0.1, -0.05) is 41.9 Å². The Bertz CT molecular complexity index is 789. The van der Waals surface area contributed by atoms with E-state index in [9.17, 15) is 0 Å². The fraction of sp³-hybridized carbons (Fsp3) is 0.0526. The number of nitrogens with zero attached hydrogens (tertiary/aromatic N) is 2. The largest absolute Gasteiger partial charge is 0.488 e. The van der Waals surface area contributed by atoms with E-state index in [-0.39, 0.29) is 0 Å². The Kier molecular flexibility index (Phi) is 5.02. The highest BCUT2D eigenvalue weighted by atomic mass is 35.5. The van der Waals surface area contributed by atoms with Gasteiger partial charge in [0.1, 0.15) is 12.4 Å². The summed E-state index contributed by atoms with van der Waals surface area (Å²) in [6.07, 6.45) is 5.15. The number of ether oxygens (including phenoxy) is 1. The van der Waals surface area contributed by atoms with Gasteiger partial charge in [0.05, 0.1) is 11.9 Å². The zero-order valence-electron chi connectivity index (χ0n) is 12.4. The Labute approximate surface area is 140 Å². The topological polar surface area (TPSA) is 34.5 Å². The summed E-state index contributed by atoms with van der Waals surface area (Å²) >= 11 is 6.09. The molecule has 0 saturated heterocycles. The fourth-order valence-electron chi connectivity index (χ4n) is 2.06. The molecule has 0 aliphatic carbocycles. The van der Waals surface area contributed by atoms with E-state index in [1.165, 1.54) is 0 Å². The molecule has 0 unspecified atom stereocenters. The van der Waals surface area contributed by atoms with E-state index in [1.807, 2.05) is 60.7 Å². The third-order valence-corrected chi connectivity index (χ3v) is 3.44. The monoisotopic (exact) mass is 322 g/mol. The summed E-state index contributed by atoms with van der Waals surface area (Å²) in [4.78, 5) is 8.45. The lowest BCUT2D eigenvalue weighted by molar-refractivity contribution is 0.306. The van der Waals surface area contributed by atoms with Gasteiger partial charge in [-0.05, 0) is 35.9 Å². The van der Waals surface area contributed by atoms with E-state index in [0.717, 1.165) is 22.6 Å². The van der Waals surface area contributed by atoms with Crippen molar-refractivity contribution >= 4 is 23.5 Å². The van der Waals surface area contributed by atoms with Gasteiger partial charge >= 0.3 is 0 Å². The normalized spacial score (nSPS) is 10.8. The first kappa shape index (κ1) is 15.3. The molecule has 0 aliphatic heterocycles. The summed E-state index contributed by atoms with van der Waals surface area (Å²) in [7, 11) is 0. The summed E-state index contributed by atoms with van der Waals surface area (Å²) < 4.78 is 5.90. The summed E-state index contributed by atoms with van der Waals surface area (Å²) in [5.74, 6) is 0.742. The van der Waals surface area contributed by atoms with Gasteiger partial charge in [-0.3, -0.25) is 9.98 Å². The lowest BCUT2D eigenvalue weighted by Gasteiger charge is -2.09. The maximum Gasteiger partial charge on any atom is 0.128 e. The maximum atomic E-state index is 6.09. The molecule has 3 rings (SSSR count). The van der Waals surface area contributed by atoms with Gasteiger partial charge in [0.15, 0.2) is 0 Å². The molecule has 0 amide bonds. The third-order valence-electron chi connectivity index (χ3n) is 3.21. The number of benzene rings is 2. The molecule has 0 spiro atoms. The third kappa shape index (κ3) is 4.41. The predicted molar refractivity (Wildman–Crippen MR) is 93.7 cm³/mol. The number of pyridine rings is 1. The molecule has 4 heteroatoms. The molecular formula is C19H15ClN2O. The molecule has 0 bridgehead atoms. The number of aromatic nitrogens is 1. The summed E-state index contributed by atoms with van der Waals surface area (Å²) in [5.41, 5.74) is 2.72. The van der Waals surface area contributed by atoms with Crippen LogP contribution in [-0.4, -0.2) is 11.2 Å². The Hall–Kier alpha value is -2.65. The van der Waals surface area contributed by atoms with E-state index in [2.05, 4.69) is 9.98 Å². The van der Waals surface area contributed by atoms with Gasteiger partial charge in [-0.25, -0.2) is 0 Å². The number of halogens is 1. The van der Waals surface area contributed by atoms with Crippen LogP contribution in [0.3, 0.4) is 0 Å². The molecule has 23 heavy (non-hydrogen) atoms. The van der Waals surface area contributed by atoms with E-state index in [0.29, 0.717) is 11.6 Å². The molecule has 0 saturated carbocycles. The molecule has 0 radical (unpaired) electrons. The van der Waals surface area contributed by atoms with Crippen LogP contribution in [0.2, 0.25) is 5.02 Å². The zero-order valence-corrected chi connectivity index (χ0v) is 13.1. The lowest BCUT2D eigenvalue weighted by Crippen LogP contribution is -1.98. The minimum Gasteiger partial charge on any atom is -0.488 e. The minimum atomic E-state index is 0.496. The second-order valence-corrected chi connectivity index (χ2v) is 5.36.